The third-order valence-electron chi connectivity index (χ3n) is 2.86. The molecule has 2 rings (SSSR count). The lowest BCUT2D eigenvalue weighted by Gasteiger charge is -2.22. The summed E-state index contributed by atoms with van der Waals surface area (Å²) >= 11 is 0. The molecule has 104 valence electrons. The number of hydrogen-bond acceptors (Lipinski definition) is 5. The van der Waals surface area contributed by atoms with Crippen molar-refractivity contribution in [1.82, 2.24) is 15.6 Å². The van der Waals surface area contributed by atoms with Gasteiger partial charge in [0.05, 0.1) is 13.2 Å². The Balaban J connectivity index is 1.55. The smallest absolute Gasteiger partial charge is 0.239 e. The summed E-state index contributed by atoms with van der Waals surface area (Å²) in [6.45, 7) is 3.30. The zero-order valence-corrected chi connectivity index (χ0v) is 10.9. The van der Waals surface area contributed by atoms with Crippen LogP contribution in [0.5, 0.6) is 0 Å². The van der Waals surface area contributed by atoms with Crippen LogP contribution in [0.15, 0.2) is 24.4 Å². The van der Waals surface area contributed by atoms with E-state index in [1.165, 1.54) is 0 Å². The summed E-state index contributed by atoms with van der Waals surface area (Å²) < 4.78 is 5.24. The van der Waals surface area contributed by atoms with Crippen LogP contribution in [0.2, 0.25) is 0 Å². The Hall–Kier alpha value is -1.66. The van der Waals surface area contributed by atoms with Gasteiger partial charge in [-0.2, -0.15) is 0 Å². The van der Waals surface area contributed by atoms with Crippen molar-refractivity contribution in [3.63, 3.8) is 0 Å². The van der Waals surface area contributed by atoms with Crippen LogP contribution in [-0.4, -0.2) is 49.8 Å². The van der Waals surface area contributed by atoms with Crippen LogP contribution in [0.1, 0.15) is 6.42 Å². The molecule has 0 aromatic carbocycles. The number of aromatic nitrogens is 1. The standard InChI is InChI=1S/C13H20N4O2/c18-13(11-10-19-9-8-14-11)17-7-3-6-16-12-4-1-2-5-15-12/h1-2,4-5,11,14H,3,6-10H2,(H,15,16)(H,17,18). The van der Waals surface area contributed by atoms with Gasteiger partial charge in [0.15, 0.2) is 0 Å². The van der Waals surface area contributed by atoms with Gasteiger partial charge in [0.1, 0.15) is 11.9 Å². The Labute approximate surface area is 112 Å². The maximum Gasteiger partial charge on any atom is 0.239 e. The summed E-state index contributed by atoms with van der Waals surface area (Å²) in [5.74, 6) is 0.869. The number of anilines is 1. The van der Waals surface area contributed by atoms with Crippen molar-refractivity contribution in [3.05, 3.63) is 24.4 Å². The fourth-order valence-corrected chi connectivity index (χ4v) is 1.84. The molecule has 2 heterocycles. The highest BCUT2D eigenvalue weighted by Gasteiger charge is 2.20. The molecule has 0 spiro atoms. The molecule has 0 bridgehead atoms. The van der Waals surface area contributed by atoms with E-state index in [2.05, 4.69) is 20.9 Å². The molecule has 19 heavy (non-hydrogen) atoms. The molecule has 0 aliphatic carbocycles. The number of ether oxygens (including phenoxy) is 1. The van der Waals surface area contributed by atoms with Crippen molar-refractivity contribution in [2.75, 3.05) is 38.2 Å². The number of rotatable bonds is 6. The van der Waals surface area contributed by atoms with E-state index in [0.717, 1.165) is 25.3 Å². The number of carbonyl (C=O) groups is 1. The molecular weight excluding hydrogens is 244 g/mol. The van der Waals surface area contributed by atoms with Crippen molar-refractivity contribution in [2.24, 2.45) is 0 Å². The Morgan fingerprint density at radius 3 is 3.16 bits per heavy atom. The third-order valence-corrected chi connectivity index (χ3v) is 2.86. The summed E-state index contributed by atoms with van der Waals surface area (Å²) in [6.07, 6.45) is 2.61. The molecule has 0 radical (unpaired) electrons. The molecule has 1 aromatic rings. The van der Waals surface area contributed by atoms with Gasteiger partial charge >= 0.3 is 0 Å². The average Bonchev–Trinajstić information content (AvgIpc) is 2.49. The van der Waals surface area contributed by atoms with Crippen molar-refractivity contribution >= 4 is 11.7 Å². The maximum atomic E-state index is 11.7. The van der Waals surface area contributed by atoms with Crippen LogP contribution < -0.4 is 16.0 Å². The van der Waals surface area contributed by atoms with Crippen LogP contribution in [0, 0.1) is 0 Å². The lowest BCUT2D eigenvalue weighted by molar-refractivity contribution is -0.125. The first-order chi connectivity index (χ1) is 9.36. The van der Waals surface area contributed by atoms with Gasteiger partial charge in [-0.05, 0) is 18.6 Å². The highest BCUT2D eigenvalue weighted by molar-refractivity contribution is 5.81. The zero-order valence-electron chi connectivity index (χ0n) is 10.9. The van der Waals surface area contributed by atoms with Gasteiger partial charge < -0.3 is 20.7 Å². The SMILES string of the molecule is O=C(NCCCNc1ccccn1)C1COCCN1. The van der Waals surface area contributed by atoms with Gasteiger partial charge in [-0.15, -0.1) is 0 Å². The topological polar surface area (TPSA) is 75.3 Å². The van der Waals surface area contributed by atoms with Gasteiger partial charge in [0, 0.05) is 25.8 Å². The minimum atomic E-state index is -0.211. The minimum absolute atomic E-state index is 0.0116. The van der Waals surface area contributed by atoms with Crippen LogP contribution in [0.4, 0.5) is 5.82 Å². The van der Waals surface area contributed by atoms with E-state index in [0.29, 0.717) is 19.8 Å². The fourth-order valence-electron chi connectivity index (χ4n) is 1.84. The quantitative estimate of drug-likeness (QED) is 0.630. The van der Waals surface area contributed by atoms with Gasteiger partial charge in [-0.1, -0.05) is 6.07 Å². The average molecular weight is 264 g/mol. The molecule has 3 N–H and O–H groups in total. The molecule has 1 aromatic heterocycles. The Kier molecular flexibility index (Phi) is 5.58. The maximum absolute atomic E-state index is 11.7. The molecule has 1 atom stereocenters. The number of pyridine rings is 1. The van der Waals surface area contributed by atoms with Crippen LogP contribution in [-0.2, 0) is 9.53 Å². The molecule has 1 fully saturated rings. The first kappa shape index (κ1) is 13.8. The number of amides is 1. The molecule has 6 heteroatoms. The van der Waals surface area contributed by atoms with Crippen LogP contribution in [0.25, 0.3) is 0 Å². The summed E-state index contributed by atoms with van der Waals surface area (Å²) in [5.41, 5.74) is 0. The molecule has 1 amide bonds. The van der Waals surface area contributed by atoms with Gasteiger partial charge in [0.2, 0.25) is 5.91 Å². The molecule has 6 nitrogen and oxygen atoms in total. The number of hydrogen-bond donors (Lipinski definition) is 3. The summed E-state index contributed by atoms with van der Waals surface area (Å²) in [5, 5.41) is 9.21. The fraction of sp³-hybridized carbons (Fsp3) is 0.538. The zero-order chi connectivity index (χ0) is 13.3. The van der Waals surface area contributed by atoms with Gasteiger partial charge in [-0.3, -0.25) is 4.79 Å². The second kappa shape index (κ2) is 7.70. The Morgan fingerprint density at radius 1 is 1.47 bits per heavy atom. The molecule has 1 saturated heterocycles. The van der Waals surface area contributed by atoms with Crippen LogP contribution in [0.3, 0.4) is 0 Å². The molecule has 1 aliphatic heterocycles. The summed E-state index contributed by atoms with van der Waals surface area (Å²) in [7, 11) is 0. The molecule has 1 aliphatic rings. The van der Waals surface area contributed by atoms with E-state index >= 15 is 0 Å². The minimum Gasteiger partial charge on any atom is -0.378 e. The van der Waals surface area contributed by atoms with Crippen molar-refractivity contribution in [3.8, 4) is 0 Å². The summed E-state index contributed by atoms with van der Waals surface area (Å²) in [4.78, 5) is 15.9. The van der Waals surface area contributed by atoms with Crippen molar-refractivity contribution in [2.45, 2.75) is 12.5 Å². The Bertz CT molecular complexity index is 379. The van der Waals surface area contributed by atoms with E-state index in [-0.39, 0.29) is 11.9 Å². The van der Waals surface area contributed by atoms with E-state index < -0.39 is 0 Å². The monoisotopic (exact) mass is 264 g/mol. The Morgan fingerprint density at radius 2 is 2.42 bits per heavy atom. The van der Waals surface area contributed by atoms with Crippen LogP contribution >= 0.6 is 0 Å². The normalized spacial score (nSPS) is 18.8. The van der Waals surface area contributed by atoms with Crippen molar-refractivity contribution < 1.29 is 9.53 Å². The largest absolute Gasteiger partial charge is 0.378 e. The number of nitrogens with one attached hydrogen (secondary N) is 3. The highest BCUT2D eigenvalue weighted by Crippen LogP contribution is 1.99. The molecule has 0 saturated carbocycles. The molecular formula is C13H20N4O2. The third kappa shape index (κ3) is 4.84. The van der Waals surface area contributed by atoms with Gasteiger partial charge in [0.25, 0.3) is 0 Å². The van der Waals surface area contributed by atoms with Gasteiger partial charge in [-0.25, -0.2) is 4.98 Å². The van der Waals surface area contributed by atoms with Crippen molar-refractivity contribution in [1.29, 1.82) is 0 Å². The second-order valence-corrected chi connectivity index (χ2v) is 4.37. The highest BCUT2D eigenvalue weighted by atomic mass is 16.5. The number of morpholine rings is 1. The van der Waals surface area contributed by atoms with E-state index in [9.17, 15) is 4.79 Å². The van der Waals surface area contributed by atoms with E-state index in [1.807, 2.05) is 18.2 Å². The second-order valence-electron chi connectivity index (χ2n) is 4.37. The molecule has 1 unspecified atom stereocenters. The first-order valence-corrected chi connectivity index (χ1v) is 6.60. The van der Waals surface area contributed by atoms with E-state index in [4.69, 9.17) is 4.74 Å². The number of carbonyl (C=O) groups excluding carboxylic acids is 1. The number of nitrogens with zero attached hydrogens (tertiary/aromatic N) is 1. The first-order valence-electron chi connectivity index (χ1n) is 6.60. The lowest BCUT2D eigenvalue weighted by Crippen LogP contribution is -2.51. The van der Waals surface area contributed by atoms with E-state index in [1.54, 1.807) is 6.20 Å². The lowest BCUT2D eigenvalue weighted by atomic mass is 10.2. The predicted octanol–water partition coefficient (Wildman–Crippen LogP) is -0.0118. The predicted molar refractivity (Wildman–Crippen MR) is 73.0 cm³/mol. The summed E-state index contributed by atoms with van der Waals surface area (Å²) in [6, 6.07) is 5.52.